The zero-order valence-electron chi connectivity index (χ0n) is 16.0. The molecule has 0 saturated carbocycles. The number of aryl methyl sites for hydroxylation is 1. The lowest BCUT2D eigenvalue weighted by atomic mass is 10.0. The summed E-state index contributed by atoms with van der Waals surface area (Å²) in [5, 5.41) is 11.3. The molecule has 2 saturated heterocycles. The van der Waals surface area contributed by atoms with Crippen LogP contribution in [-0.4, -0.2) is 82.1 Å². The molecule has 0 unspecified atom stereocenters. The molecule has 158 valence electrons. The number of halogens is 3. The van der Waals surface area contributed by atoms with Crippen LogP contribution < -0.4 is 0 Å². The van der Waals surface area contributed by atoms with E-state index in [0.717, 1.165) is 26.1 Å². The molecule has 2 aliphatic rings. The number of hydrogen-bond acceptors (Lipinski definition) is 5. The minimum absolute atomic E-state index is 0.107. The molecule has 0 bridgehead atoms. The molecule has 1 aromatic rings. The topological polar surface area (TPSA) is 87.9 Å². The normalized spacial score (nSPS) is 24.4. The number of aromatic nitrogens is 2. The number of nitrogens with zero attached hydrogens (tertiary/aromatic N) is 4. The van der Waals surface area contributed by atoms with Gasteiger partial charge in [-0.1, -0.05) is 0 Å². The Balaban J connectivity index is 0.000000345. The van der Waals surface area contributed by atoms with Gasteiger partial charge in [0.15, 0.2) is 0 Å². The maximum Gasteiger partial charge on any atom is 0.490 e. The average Bonchev–Trinajstić information content (AvgIpc) is 3.22. The zero-order chi connectivity index (χ0) is 21.1. The monoisotopic (exact) mass is 406 g/mol. The standard InChI is InChI=1S/C15H24N4O2.C2HF3O2/c1-17(2)15(20)5-13-4-12-9-19(10-14(12)21-13)8-11-6-16-18(3)7-11;3-2(4,5)1(6)7/h6-7,12-14H,4-5,8-10H2,1-3H3;(H,6,7)/t12-,13+,14+;/m0./s1. The Kier molecular flexibility index (Phi) is 7.05. The van der Waals surface area contributed by atoms with Gasteiger partial charge in [-0.05, 0) is 6.42 Å². The lowest BCUT2D eigenvalue weighted by Gasteiger charge is -2.19. The highest BCUT2D eigenvalue weighted by Gasteiger charge is 2.42. The van der Waals surface area contributed by atoms with Gasteiger partial charge in [0, 0.05) is 58.5 Å². The molecule has 0 aliphatic carbocycles. The Labute approximate surface area is 160 Å². The van der Waals surface area contributed by atoms with E-state index in [1.165, 1.54) is 5.56 Å². The Morgan fingerprint density at radius 3 is 2.46 bits per heavy atom. The van der Waals surface area contributed by atoms with Crippen LogP contribution >= 0.6 is 0 Å². The molecule has 3 rings (SSSR count). The fourth-order valence-corrected chi connectivity index (χ4v) is 3.40. The molecular formula is C17H25F3N4O4. The van der Waals surface area contributed by atoms with Crippen molar-refractivity contribution in [1.29, 1.82) is 0 Å². The van der Waals surface area contributed by atoms with Gasteiger partial charge in [0.2, 0.25) is 5.91 Å². The number of rotatable bonds is 4. The summed E-state index contributed by atoms with van der Waals surface area (Å²) in [5.41, 5.74) is 1.25. The lowest BCUT2D eigenvalue weighted by molar-refractivity contribution is -0.192. The van der Waals surface area contributed by atoms with Crippen molar-refractivity contribution in [3.8, 4) is 0 Å². The zero-order valence-corrected chi connectivity index (χ0v) is 16.0. The first-order chi connectivity index (χ1) is 13.0. The van der Waals surface area contributed by atoms with Gasteiger partial charge < -0.3 is 14.7 Å². The van der Waals surface area contributed by atoms with Crippen LogP contribution in [0.15, 0.2) is 12.4 Å². The highest BCUT2D eigenvalue weighted by atomic mass is 19.4. The molecule has 1 N–H and O–H groups in total. The van der Waals surface area contributed by atoms with Crippen LogP contribution in [0.3, 0.4) is 0 Å². The van der Waals surface area contributed by atoms with Crippen LogP contribution in [-0.2, 0) is 27.9 Å². The van der Waals surface area contributed by atoms with E-state index in [4.69, 9.17) is 14.6 Å². The van der Waals surface area contributed by atoms with Crippen LogP contribution in [0.1, 0.15) is 18.4 Å². The fraction of sp³-hybridized carbons (Fsp3) is 0.706. The molecule has 3 heterocycles. The molecular weight excluding hydrogens is 381 g/mol. The number of carboxylic acids is 1. The van der Waals surface area contributed by atoms with Crippen molar-refractivity contribution in [3.05, 3.63) is 18.0 Å². The van der Waals surface area contributed by atoms with Crippen molar-refractivity contribution in [3.63, 3.8) is 0 Å². The number of ether oxygens (including phenoxy) is 1. The molecule has 8 nitrogen and oxygen atoms in total. The molecule has 28 heavy (non-hydrogen) atoms. The average molecular weight is 406 g/mol. The molecule has 2 fully saturated rings. The number of carboxylic acid groups (broad SMARTS) is 1. The SMILES string of the molecule is CN(C)C(=O)C[C@H]1C[C@H]2CN(Cc3cnn(C)c3)C[C@H]2O1.O=C(O)C(F)(F)F. The molecule has 1 amide bonds. The predicted octanol–water partition coefficient (Wildman–Crippen LogP) is 1.12. The van der Waals surface area contributed by atoms with E-state index in [1.807, 2.05) is 17.9 Å². The number of amides is 1. The number of carbonyl (C=O) groups is 2. The van der Waals surface area contributed by atoms with Crippen LogP contribution in [0, 0.1) is 5.92 Å². The Bertz CT molecular complexity index is 678. The maximum atomic E-state index is 11.8. The van der Waals surface area contributed by atoms with E-state index in [2.05, 4.69) is 16.2 Å². The summed E-state index contributed by atoms with van der Waals surface area (Å²) in [6.45, 7) is 2.96. The molecule has 2 aliphatic heterocycles. The van der Waals surface area contributed by atoms with Gasteiger partial charge in [0.05, 0.1) is 24.8 Å². The molecule has 11 heteroatoms. The van der Waals surface area contributed by atoms with Crippen LogP contribution in [0.5, 0.6) is 0 Å². The summed E-state index contributed by atoms with van der Waals surface area (Å²) in [5.74, 6) is -2.03. The smallest absolute Gasteiger partial charge is 0.475 e. The Morgan fingerprint density at radius 2 is 2.00 bits per heavy atom. The van der Waals surface area contributed by atoms with Crippen molar-refractivity contribution in [2.24, 2.45) is 13.0 Å². The minimum atomic E-state index is -5.08. The van der Waals surface area contributed by atoms with Gasteiger partial charge in [-0.15, -0.1) is 0 Å². The Morgan fingerprint density at radius 1 is 1.36 bits per heavy atom. The minimum Gasteiger partial charge on any atom is -0.475 e. The fourth-order valence-electron chi connectivity index (χ4n) is 3.40. The van der Waals surface area contributed by atoms with Crippen molar-refractivity contribution in [2.75, 3.05) is 27.2 Å². The number of hydrogen-bond donors (Lipinski definition) is 1. The van der Waals surface area contributed by atoms with Gasteiger partial charge in [-0.2, -0.15) is 18.3 Å². The van der Waals surface area contributed by atoms with E-state index < -0.39 is 12.1 Å². The molecule has 1 aromatic heterocycles. The lowest BCUT2D eigenvalue weighted by Crippen LogP contribution is -2.29. The first-order valence-corrected chi connectivity index (χ1v) is 8.81. The molecule has 0 radical (unpaired) electrons. The number of aliphatic carboxylic acids is 1. The Hall–Kier alpha value is -2.14. The van der Waals surface area contributed by atoms with Crippen LogP contribution in [0.4, 0.5) is 13.2 Å². The summed E-state index contributed by atoms with van der Waals surface area (Å²) in [7, 11) is 5.54. The molecule has 3 atom stereocenters. The van der Waals surface area contributed by atoms with Crippen molar-refractivity contribution in [1.82, 2.24) is 19.6 Å². The van der Waals surface area contributed by atoms with Gasteiger partial charge in [0.25, 0.3) is 0 Å². The highest BCUT2D eigenvalue weighted by Crippen LogP contribution is 2.34. The third-order valence-corrected chi connectivity index (χ3v) is 4.70. The predicted molar refractivity (Wildman–Crippen MR) is 92.3 cm³/mol. The second-order valence-corrected chi connectivity index (χ2v) is 7.30. The number of fused-ring (bicyclic) bond motifs is 1. The van der Waals surface area contributed by atoms with E-state index in [1.54, 1.807) is 19.0 Å². The molecule has 0 aromatic carbocycles. The van der Waals surface area contributed by atoms with Gasteiger partial charge in [-0.25, -0.2) is 4.79 Å². The van der Waals surface area contributed by atoms with Gasteiger partial charge >= 0.3 is 12.1 Å². The third kappa shape index (κ3) is 6.20. The van der Waals surface area contributed by atoms with Crippen LogP contribution in [0.25, 0.3) is 0 Å². The third-order valence-electron chi connectivity index (χ3n) is 4.70. The number of carbonyl (C=O) groups excluding carboxylic acids is 1. The van der Waals surface area contributed by atoms with E-state index in [9.17, 15) is 18.0 Å². The number of alkyl halides is 3. The largest absolute Gasteiger partial charge is 0.490 e. The summed E-state index contributed by atoms with van der Waals surface area (Å²) in [6, 6.07) is 0. The molecule has 0 spiro atoms. The van der Waals surface area contributed by atoms with Crippen LogP contribution in [0.2, 0.25) is 0 Å². The van der Waals surface area contributed by atoms with Crippen molar-refractivity contribution in [2.45, 2.75) is 37.8 Å². The van der Waals surface area contributed by atoms with E-state index >= 15 is 0 Å². The van der Waals surface area contributed by atoms with Crippen molar-refractivity contribution < 1.29 is 32.6 Å². The summed E-state index contributed by atoms with van der Waals surface area (Å²) in [6.07, 6.45) is 0.828. The summed E-state index contributed by atoms with van der Waals surface area (Å²) in [4.78, 5) is 24.7. The van der Waals surface area contributed by atoms with Crippen molar-refractivity contribution >= 4 is 11.9 Å². The van der Waals surface area contributed by atoms with Gasteiger partial charge in [-0.3, -0.25) is 14.4 Å². The van der Waals surface area contributed by atoms with E-state index in [0.29, 0.717) is 18.4 Å². The maximum absolute atomic E-state index is 11.8. The second-order valence-electron chi connectivity index (χ2n) is 7.30. The first kappa shape index (κ1) is 22.2. The second kappa shape index (κ2) is 8.91. The van der Waals surface area contributed by atoms with Gasteiger partial charge in [0.1, 0.15) is 0 Å². The highest BCUT2D eigenvalue weighted by molar-refractivity contribution is 5.76. The first-order valence-electron chi connectivity index (χ1n) is 8.81. The summed E-state index contributed by atoms with van der Waals surface area (Å²) >= 11 is 0. The summed E-state index contributed by atoms with van der Waals surface area (Å²) < 4.78 is 39.6. The number of likely N-dealkylation sites (tertiary alicyclic amines) is 1. The van der Waals surface area contributed by atoms with E-state index in [-0.39, 0.29) is 12.0 Å². The quantitative estimate of drug-likeness (QED) is 0.806.